The fourth-order valence-corrected chi connectivity index (χ4v) is 7.46. The number of hydrogen-bond donors (Lipinski definition) is 3. The molecule has 2 aliphatic heterocycles. The van der Waals surface area contributed by atoms with Crippen LogP contribution in [-0.4, -0.2) is 105 Å². The lowest BCUT2D eigenvalue weighted by atomic mass is 9.95. The summed E-state index contributed by atoms with van der Waals surface area (Å²) in [6.45, 7) is 8.64. The van der Waals surface area contributed by atoms with Gasteiger partial charge in [0.1, 0.15) is 17.7 Å². The van der Waals surface area contributed by atoms with Gasteiger partial charge in [0.05, 0.1) is 43.0 Å². The SMILES string of the molecule is COC(=O)N[C@H](C(=O)N1CCC[C@H]1c1ncc(-c2cc(-c3cnc([C@@H]4CCCN4C(=O)[C@@H](OC(=O)N(C)C)C(C)C)[nH]3)ccc2-c2ccccc2)[nH]1)C(C)C.Cl. The van der Waals surface area contributed by atoms with Gasteiger partial charge < -0.3 is 39.5 Å². The number of nitrogens with zero attached hydrogens (tertiary/aromatic N) is 5. The molecule has 3 N–H and O–H groups in total. The van der Waals surface area contributed by atoms with Gasteiger partial charge in [0.2, 0.25) is 5.91 Å². The molecule has 15 heteroatoms. The van der Waals surface area contributed by atoms with Crippen LogP contribution in [0.25, 0.3) is 33.6 Å². The molecule has 0 bridgehead atoms. The Kier molecular flexibility index (Phi) is 13.5. The zero-order valence-electron chi connectivity index (χ0n) is 33.1. The lowest BCUT2D eigenvalue weighted by Gasteiger charge is -2.30. The topological polar surface area (TPSA) is 166 Å². The number of carbonyl (C=O) groups is 4. The molecule has 0 radical (unpaired) electrons. The van der Waals surface area contributed by atoms with Crippen molar-refractivity contribution in [3.05, 3.63) is 72.6 Å². The zero-order valence-corrected chi connectivity index (χ0v) is 33.9. The molecule has 2 aromatic heterocycles. The van der Waals surface area contributed by atoms with Gasteiger partial charge >= 0.3 is 12.2 Å². The number of nitrogens with one attached hydrogen (secondary N) is 3. The van der Waals surface area contributed by atoms with Crippen LogP contribution in [0.5, 0.6) is 0 Å². The first kappa shape index (κ1) is 41.8. The number of carbonyl (C=O) groups excluding carboxylic acids is 4. The van der Waals surface area contributed by atoms with E-state index >= 15 is 0 Å². The van der Waals surface area contributed by atoms with Crippen LogP contribution < -0.4 is 5.32 Å². The molecule has 2 aliphatic rings. The molecule has 0 aliphatic carbocycles. The van der Waals surface area contributed by atoms with Gasteiger partial charge in [-0.3, -0.25) is 9.59 Å². The Bertz CT molecular complexity index is 2000. The van der Waals surface area contributed by atoms with Crippen LogP contribution >= 0.6 is 12.4 Å². The predicted octanol–water partition coefficient (Wildman–Crippen LogP) is 6.99. The van der Waals surface area contributed by atoms with Crippen molar-refractivity contribution in [1.82, 2.24) is 40.0 Å². The number of likely N-dealkylation sites (tertiary alicyclic amines) is 2. The molecule has 4 aromatic rings. The number of benzene rings is 2. The third-order valence-corrected chi connectivity index (χ3v) is 10.4. The molecule has 0 saturated carbocycles. The number of ether oxygens (including phenoxy) is 2. The molecule has 2 aromatic carbocycles. The second kappa shape index (κ2) is 18.1. The maximum Gasteiger partial charge on any atom is 0.410 e. The van der Waals surface area contributed by atoms with Crippen LogP contribution in [0.15, 0.2) is 60.9 Å². The van der Waals surface area contributed by atoms with E-state index in [9.17, 15) is 19.2 Å². The molecular formula is C41H53ClN8O6. The van der Waals surface area contributed by atoms with Crippen molar-refractivity contribution in [1.29, 1.82) is 0 Å². The molecule has 300 valence electrons. The van der Waals surface area contributed by atoms with Gasteiger partial charge in [0, 0.05) is 38.3 Å². The van der Waals surface area contributed by atoms with Gasteiger partial charge in [-0.05, 0) is 54.7 Å². The summed E-state index contributed by atoms with van der Waals surface area (Å²) in [5.41, 5.74) is 5.43. The minimum absolute atomic E-state index is 0. The van der Waals surface area contributed by atoms with Gasteiger partial charge in [-0.1, -0.05) is 70.2 Å². The molecule has 2 fully saturated rings. The number of alkyl carbamates (subject to hydrolysis) is 1. The molecule has 14 nitrogen and oxygen atoms in total. The van der Waals surface area contributed by atoms with Gasteiger partial charge in [-0.25, -0.2) is 19.6 Å². The van der Waals surface area contributed by atoms with Gasteiger partial charge in [-0.15, -0.1) is 12.4 Å². The Balaban J connectivity index is 0.00000600. The second-order valence-corrected chi connectivity index (χ2v) is 15.2. The van der Waals surface area contributed by atoms with E-state index in [1.807, 2.05) is 58.2 Å². The maximum atomic E-state index is 13.8. The van der Waals surface area contributed by atoms with Crippen molar-refractivity contribution in [3.63, 3.8) is 0 Å². The normalized spacial score (nSPS) is 17.7. The highest BCUT2D eigenvalue weighted by Crippen LogP contribution is 2.38. The van der Waals surface area contributed by atoms with Crippen molar-refractivity contribution in [2.75, 3.05) is 34.3 Å². The fourth-order valence-electron chi connectivity index (χ4n) is 7.46. The van der Waals surface area contributed by atoms with Crippen molar-refractivity contribution in [2.24, 2.45) is 11.8 Å². The van der Waals surface area contributed by atoms with Crippen LogP contribution in [0.3, 0.4) is 0 Å². The lowest BCUT2D eigenvalue weighted by Crippen LogP contribution is -2.51. The van der Waals surface area contributed by atoms with E-state index in [4.69, 9.17) is 19.4 Å². The first-order valence-electron chi connectivity index (χ1n) is 19.0. The molecule has 56 heavy (non-hydrogen) atoms. The Hall–Kier alpha value is -5.37. The third kappa shape index (κ3) is 8.85. The lowest BCUT2D eigenvalue weighted by molar-refractivity contribution is -0.144. The summed E-state index contributed by atoms with van der Waals surface area (Å²) in [6, 6.07) is 15.0. The molecule has 4 amide bonds. The minimum Gasteiger partial charge on any atom is -0.453 e. The second-order valence-electron chi connectivity index (χ2n) is 15.2. The number of halogens is 1. The molecule has 0 unspecified atom stereocenters. The largest absolute Gasteiger partial charge is 0.453 e. The first-order valence-corrected chi connectivity index (χ1v) is 19.0. The van der Waals surface area contributed by atoms with E-state index in [-0.39, 0.29) is 48.1 Å². The van der Waals surface area contributed by atoms with Crippen molar-refractivity contribution < 1.29 is 28.7 Å². The van der Waals surface area contributed by atoms with Crippen LogP contribution in [0, 0.1) is 11.8 Å². The van der Waals surface area contributed by atoms with Crippen molar-refractivity contribution in [2.45, 2.75) is 77.6 Å². The zero-order chi connectivity index (χ0) is 39.4. The molecule has 4 atom stereocenters. The monoisotopic (exact) mass is 788 g/mol. The Morgan fingerprint density at radius 2 is 1.38 bits per heavy atom. The number of aromatic nitrogens is 4. The highest BCUT2D eigenvalue weighted by molar-refractivity contribution is 5.88. The number of hydrogen-bond acceptors (Lipinski definition) is 8. The van der Waals surface area contributed by atoms with E-state index in [0.717, 1.165) is 59.3 Å². The molecule has 0 spiro atoms. The number of aromatic amines is 2. The summed E-state index contributed by atoms with van der Waals surface area (Å²) in [5, 5.41) is 2.71. The van der Waals surface area contributed by atoms with Gasteiger partial charge in [0.25, 0.3) is 5.91 Å². The minimum atomic E-state index is -0.903. The number of rotatable bonds is 11. The Morgan fingerprint density at radius 3 is 1.95 bits per heavy atom. The highest BCUT2D eigenvalue weighted by atomic mass is 35.5. The summed E-state index contributed by atoms with van der Waals surface area (Å²) in [6.07, 6.45) is 4.59. The highest BCUT2D eigenvalue weighted by Gasteiger charge is 2.40. The summed E-state index contributed by atoms with van der Waals surface area (Å²) in [7, 11) is 4.48. The summed E-state index contributed by atoms with van der Waals surface area (Å²) < 4.78 is 10.4. The van der Waals surface area contributed by atoms with Crippen LogP contribution in [0.4, 0.5) is 9.59 Å². The van der Waals surface area contributed by atoms with E-state index in [1.165, 1.54) is 12.0 Å². The van der Waals surface area contributed by atoms with E-state index in [2.05, 4.69) is 39.6 Å². The first-order chi connectivity index (χ1) is 26.4. The number of amides is 4. The molecule has 4 heterocycles. The number of H-pyrrole nitrogens is 2. The summed E-state index contributed by atoms with van der Waals surface area (Å²) in [5.74, 6) is 0.619. The van der Waals surface area contributed by atoms with Crippen LogP contribution in [0.1, 0.15) is 77.1 Å². The van der Waals surface area contributed by atoms with E-state index in [1.54, 1.807) is 30.1 Å². The Labute approximate surface area is 334 Å². The average molecular weight is 789 g/mol. The van der Waals surface area contributed by atoms with Crippen molar-refractivity contribution in [3.8, 4) is 33.6 Å². The standard InChI is InChI=1S/C41H52N8O6.ClH/c1-24(2)34(46-40(52)54-7)38(50)48-19-11-15-32(48)37-43-23-31(45-37)29-21-27(17-18-28(29)26-13-9-8-10-14-26)30-22-42-36(44-30)33-16-12-20-49(33)39(51)35(25(3)4)55-41(53)47(5)6;/h8-10,13-14,17-18,21-25,32-35H,11-12,15-16,19-20H2,1-7H3,(H,42,44)(H,43,45)(H,46,52);1H/t32-,33-,34-,35-;/m0./s1. The molecular weight excluding hydrogens is 736 g/mol. The summed E-state index contributed by atoms with van der Waals surface area (Å²) >= 11 is 0. The average Bonchev–Trinajstić information content (AvgIpc) is 4.02. The molecule has 2 saturated heterocycles. The van der Waals surface area contributed by atoms with E-state index < -0.39 is 24.3 Å². The number of methoxy groups -OCH3 is 1. The summed E-state index contributed by atoms with van der Waals surface area (Å²) in [4.78, 5) is 73.6. The molecule has 6 rings (SSSR count). The smallest absolute Gasteiger partial charge is 0.410 e. The number of imidazole rings is 2. The Morgan fingerprint density at radius 1 is 0.786 bits per heavy atom. The van der Waals surface area contributed by atoms with E-state index in [0.29, 0.717) is 24.7 Å². The van der Waals surface area contributed by atoms with Crippen LogP contribution in [-0.2, 0) is 19.1 Å². The predicted molar refractivity (Wildman–Crippen MR) is 215 cm³/mol. The quantitative estimate of drug-likeness (QED) is 0.146. The van der Waals surface area contributed by atoms with Gasteiger partial charge in [0.15, 0.2) is 6.10 Å². The van der Waals surface area contributed by atoms with Crippen LogP contribution in [0.2, 0.25) is 0 Å². The van der Waals surface area contributed by atoms with Crippen molar-refractivity contribution >= 4 is 36.4 Å². The van der Waals surface area contributed by atoms with Gasteiger partial charge in [-0.2, -0.15) is 0 Å². The maximum absolute atomic E-state index is 13.8. The fraction of sp³-hybridized carbons (Fsp3) is 0.463. The third-order valence-electron chi connectivity index (χ3n) is 10.4.